The molecule has 0 saturated carbocycles. The molecule has 0 amide bonds. The molecule has 0 fully saturated rings. The zero-order valence-electron chi connectivity index (χ0n) is 11.6. The standard InChI is InChI=1S/C16H20FNS/c1-11(2)16(15-9-6-10-19-15)18-12(3)13-7-4-5-8-14(13)17/h4-12,16,18H,1-3H3. The molecule has 1 aromatic heterocycles. The maximum Gasteiger partial charge on any atom is 0.127 e. The molecule has 0 spiro atoms. The van der Waals surface area contributed by atoms with Crippen LogP contribution in [0.2, 0.25) is 0 Å². The van der Waals surface area contributed by atoms with Crippen LogP contribution in [-0.4, -0.2) is 0 Å². The van der Waals surface area contributed by atoms with Gasteiger partial charge in [-0.2, -0.15) is 0 Å². The van der Waals surface area contributed by atoms with E-state index in [1.54, 1.807) is 17.4 Å². The predicted octanol–water partition coefficient (Wildman–Crippen LogP) is 4.94. The van der Waals surface area contributed by atoms with Crippen molar-refractivity contribution in [2.45, 2.75) is 32.9 Å². The Morgan fingerprint density at radius 2 is 1.79 bits per heavy atom. The van der Waals surface area contributed by atoms with E-state index < -0.39 is 0 Å². The molecule has 0 saturated heterocycles. The molecule has 0 aliphatic carbocycles. The molecule has 2 atom stereocenters. The third-order valence-electron chi connectivity index (χ3n) is 3.32. The van der Waals surface area contributed by atoms with Crippen molar-refractivity contribution in [2.24, 2.45) is 5.92 Å². The van der Waals surface area contributed by atoms with Crippen LogP contribution in [-0.2, 0) is 0 Å². The van der Waals surface area contributed by atoms with E-state index in [-0.39, 0.29) is 17.9 Å². The second-order valence-electron chi connectivity index (χ2n) is 5.15. The highest BCUT2D eigenvalue weighted by molar-refractivity contribution is 7.10. The van der Waals surface area contributed by atoms with Crippen LogP contribution in [0.15, 0.2) is 41.8 Å². The lowest BCUT2D eigenvalue weighted by Gasteiger charge is -2.26. The van der Waals surface area contributed by atoms with Crippen molar-refractivity contribution in [3.8, 4) is 0 Å². The molecule has 102 valence electrons. The summed E-state index contributed by atoms with van der Waals surface area (Å²) in [6, 6.07) is 11.4. The highest BCUT2D eigenvalue weighted by atomic mass is 32.1. The van der Waals surface area contributed by atoms with Crippen LogP contribution in [0, 0.1) is 11.7 Å². The smallest absolute Gasteiger partial charge is 0.127 e. The molecule has 1 nitrogen and oxygen atoms in total. The highest BCUT2D eigenvalue weighted by Gasteiger charge is 2.20. The second-order valence-corrected chi connectivity index (χ2v) is 6.13. The summed E-state index contributed by atoms with van der Waals surface area (Å²) in [7, 11) is 0. The first-order chi connectivity index (χ1) is 9.09. The predicted molar refractivity (Wildman–Crippen MR) is 79.8 cm³/mol. The molecule has 0 radical (unpaired) electrons. The van der Waals surface area contributed by atoms with Crippen LogP contribution >= 0.6 is 11.3 Å². The second kappa shape index (κ2) is 6.31. The van der Waals surface area contributed by atoms with Gasteiger partial charge in [0.2, 0.25) is 0 Å². The number of thiophene rings is 1. The zero-order chi connectivity index (χ0) is 13.8. The van der Waals surface area contributed by atoms with Crippen LogP contribution in [0.5, 0.6) is 0 Å². The molecule has 1 heterocycles. The van der Waals surface area contributed by atoms with Gasteiger partial charge in [0.1, 0.15) is 5.82 Å². The summed E-state index contributed by atoms with van der Waals surface area (Å²) in [5.41, 5.74) is 0.727. The first-order valence-electron chi connectivity index (χ1n) is 6.63. The Kier molecular flexibility index (Phi) is 4.72. The maximum absolute atomic E-state index is 13.8. The van der Waals surface area contributed by atoms with Crippen LogP contribution in [0.4, 0.5) is 4.39 Å². The average Bonchev–Trinajstić information content (AvgIpc) is 2.89. The van der Waals surface area contributed by atoms with Crippen molar-refractivity contribution >= 4 is 11.3 Å². The van der Waals surface area contributed by atoms with Gasteiger partial charge in [-0.1, -0.05) is 38.1 Å². The van der Waals surface area contributed by atoms with E-state index in [9.17, 15) is 4.39 Å². The van der Waals surface area contributed by atoms with Gasteiger partial charge in [-0.3, -0.25) is 0 Å². The summed E-state index contributed by atoms with van der Waals surface area (Å²) in [6.07, 6.45) is 0. The molecule has 2 aromatic rings. The van der Waals surface area contributed by atoms with Crippen molar-refractivity contribution < 1.29 is 4.39 Å². The largest absolute Gasteiger partial charge is 0.302 e. The number of hydrogen-bond donors (Lipinski definition) is 1. The number of halogens is 1. The minimum absolute atomic E-state index is 0.00398. The van der Waals surface area contributed by atoms with Gasteiger partial charge in [0.15, 0.2) is 0 Å². The molecule has 1 aromatic carbocycles. The van der Waals surface area contributed by atoms with Crippen molar-refractivity contribution in [3.05, 3.63) is 58.0 Å². The Hall–Kier alpha value is -1.19. The van der Waals surface area contributed by atoms with E-state index in [2.05, 4.69) is 36.7 Å². The van der Waals surface area contributed by atoms with Gasteiger partial charge in [0.05, 0.1) is 0 Å². The normalized spacial score (nSPS) is 14.6. The fourth-order valence-electron chi connectivity index (χ4n) is 2.26. The summed E-state index contributed by atoms with van der Waals surface area (Å²) in [5, 5.41) is 5.63. The van der Waals surface area contributed by atoms with Crippen LogP contribution in [0.25, 0.3) is 0 Å². The molecule has 0 aliphatic heterocycles. The molecule has 19 heavy (non-hydrogen) atoms. The summed E-state index contributed by atoms with van der Waals surface area (Å²) in [5.74, 6) is 0.323. The quantitative estimate of drug-likeness (QED) is 0.816. The molecule has 3 heteroatoms. The lowest BCUT2D eigenvalue weighted by atomic mass is 9.99. The van der Waals surface area contributed by atoms with Gasteiger partial charge in [0, 0.05) is 22.5 Å². The lowest BCUT2D eigenvalue weighted by molar-refractivity contribution is 0.373. The SMILES string of the molecule is CC(NC(c1cccs1)C(C)C)c1ccccc1F. The van der Waals surface area contributed by atoms with Gasteiger partial charge < -0.3 is 5.32 Å². The van der Waals surface area contributed by atoms with Gasteiger partial charge in [0.25, 0.3) is 0 Å². The topological polar surface area (TPSA) is 12.0 Å². The minimum atomic E-state index is -0.142. The van der Waals surface area contributed by atoms with Crippen LogP contribution in [0.3, 0.4) is 0 Å². The average molecular weight is 277 g/mol. The molecular formula is C16H20FNS. The molecule has 0 bridgehead atoms. The van der Waals surface area contributed by atoms with E-state index in [4.69, 9.17) is 0 Å². The number of rotatable bonds is 5. The monoisotopic (exact) mass is 277 g/mol. The fourth-order valence-corrected chi connectivity index (χ4v) is 3.21. The summed E-state index contributed by atoms with van der Waals surface area (Å²) >= 11 is 1.74. The van der Waals surface area contributed by atoms with Gasteiger partial charge in [-0.15, -0.1) is 11.3 Å². The molecule has 0 aliphatic rings. The van der Waals surface area contributed by atoms with E-state index in [0.29, 0.717) is 5.92 Å². The number of hydrogen-bond acceptors (Lipinski definition) is 2. The zero-order valence-corrected chi connectivity index (χ0v) is 12.4. The Morgan fingerprint density at radius 1 is 1.05 bits per heavy atom. The molecule has 1 N–H and O–H groups in total. The Labute approximate surface area is 118 Å². The van der Waals surface area contributed by atoms with E-state index in [1.165, 1.54) is 10.9 Å². The lowest BCUT2D eigenvalue weighted by Crippen LogP contribution is -2.28. The van der Waals surface area contributed by atoms with Crippen LogP contribution in [0.1, 0.15) is 43.3 Å². The maximum atomic E-state index is 13.8. The van der Waals surface area contributed by atoms with Crippen molar-refractivity contribution in [1.82, 2.24) is 5.32 Å². The molecule has 2 unspecified atom stereocenters. The van der Waals surface area contributed by atoms with Crippen molar-refractivity contribution in [3.63, 3.8) is 0 Å². The molecular weight excluding hydrogens is 257 g/mol. The van der Waals surface area contributed by atoms with Crippen molar-refractivity contribution in [1.29, 1.82) is 0 Å². The van der Waals surface area contributed by atoms with Crippen molar-refractivity contribution in [2.75, 3.05) is 0 Å². The third kappa shape index (κ3) is 3.43. The Morgan fingerprint density at radius 3 is 2.37 bits per heavy atom. The van der Waals surface area contributed by atoms with E-state index in [0.717, 1.165) is 5.56 Å². The summed E-state index contributed by atoms with van der Waals surface area (Å²) in [6.45, 7) is 6.39. The molecule has 2 rings (SSSR count). The minimum Gasteiger partial charge on any atom is -0.302 e. The third-order valence-corrected chi connectivity index (χ3v) is 4.27. The van der Waals surface area contributed by atoms with E-state index >= 15 is 0 Å². The Bertz CT molecular complexity index is 507. The highest BCUT2D eigenvalue weighted by Crippen LogP contribution is 2.29. The fraction of sp³-hybridized carbons (Fsp3) is 0.375. The summed E-state index contributed by atoms with van der Waals surface area (Å²) in [4.78, 5) is 1.30. The van der Waals surface area contributed by atoms with Gasteiger partial charge >= 0.3 is 0 Å². The Balaban J connectivity index is 2.16. The summed E-state index contributed by atoms with van der Waals surface area (Å²) < 4.78 is 13.8. The number of nitrogens with one attached hydrogen (secondary N) is 1. The first kappa shape index (κ1) is 14.2. The number of benzene rings is 1. The van der Waals surface area contributed by atoms with Gasteiger partial charge in [-0.05, 0) is 30.4 Å². The first-order valence-corrected chi connectivity index (χ1v) is 7.51. The van der Waals surface area contributed by atoms with Crippen LogP contribution < -0.4 is 5.32 Å². The van der Waals surface area contributed by atoms with Gasteiger partial charge in [-0.25, -0.2) is 4.39 Å². The van der Waals surface area contributed by atoms with E-state index in [1.807, 2.05) is 19.1 Å².